The van der Waals surface area contributed by atoms with Gasteiger partial charge >= 0.3 is 0 Å². The van der Waals surface area contributed by atoms with E-state index in [-0.39, 0.29) is 11.4 Å². The quantitative estimate of drug-likeness (QED) is 0.768. The second-order valence-corrected chi connectivity index (χ2v) is 5.31. The van der Waals surface area contributed by atoms with Gasteiger partial charge in [-0.3, -0.25) is 4.79 Å². The first-order valence-corrected chi connectivity index (χ1v) is 6.08. The lowest BCUT2D eigenvalue weighted by Gasteiger charge is -2.22. The molecule has 1 aromatic carbocycles. The van der Waals surface area contributed by atoms with Crippen LogP contribution in [0.15, 0.2) is 28.7 Å². The minimum absolute atomic E-state index is 0.159. The van der Waals surface area contributed by atoms with E-state index in [1.165, 1.54) is 0 Å². The Labute approximate surface area is 105 Å². The van der Waals surface area contributed by atoms with Gasteiger partial charge in [-0.05, 0) is 32.4 Å². The summed E-state index contributed by atoms with van der Waals surface area (Å²) in [5.41, 5.74) is 0.517. The highest BCUT2D eigenvalue weighted by Gasteiger charge is 2.18. The highest BCUT2D eigenvalue weighted by molar-refractivity contribution is 9.10. The number of methoxy groups -OCH3 is 1. The number of Topliss-reactive ketones (excluding diaryl/α,β-unsaturated/α-hetero) is 1. The van der Waals surface area contributed by atoms with E-state index >= 15 is 0 Å². The second-order valence-electron chi connectivity index (χ2n) is 4.40. The average Bonchev–Trinajstić information content (AvgIpc) is 2.26. The first kappa shape index (κ1) is 13.4. The van der Waals surface area contributed by atoms with E-state index in [2.05, 4.69) is 15.9 Å². The predicted molar refractivity (Wildman–Crippen MR) is 68.8 cm³/mol. The molecule has 0 aliphatic carbocycles. The van der Waals surface area contributed by atoms with Gasteiger partial charge in [-0.1, -0.05) is 28.1 Å². The first-order valence-electron chi connectivity index (χ1n) is 5.28. The fourth-order valence-electron chi connectivity index (χ4n) is 1.32. The van der Waals surface area contributed by atoms with E-state index in [0.29, 0.717) is 6.42 Å². The van der Waals surface area contributed by atoms with Crippen molar-refractivity contribution in [3.63, 3.8) is 0 Å². The van der Waals surface area contributed by atoms with Gasteiger partial charge < -0.3 is 4.74 Å². The lowest BCUT2D eigenvalue weighted by Crippen LogP contribution is -2.23. The molecule has 0 spiro atoms. The average molecular weight is 285 g/mol. The molecule has 0 radical (unpaired) electrons. The van der Waals surface area contributed by atoms with Gasteiger partial charge in [0.25, 0.3) is 0 Å². The lowest BCUT2D eigenvalue weighted by molar-refractivity contribution is 0.0141. The Hall–Kier alpha value is -0.670. The van der Waals surface area contributed by atoms with E-state index in [4.69, 9.17) is 4.74 Å². The fraction of sp³-hybridized carbons (Fsp3) is 0.462. The molecular formula is C13H17BrO2. The molecule has 0 unspecified atom stereocenters. The summed E-state index contributed by atoms with van der Waals surface area (Å²) in [5.74, 6) is 0.159. The summed E-state index contributed by atoms with van der Waals surface area (Å²) in [6.07, 6.45) is 1.24. The lowest BCUT2D eigenvalue weighted by atomic mass is 9.98. The van der Waals surface area contributed by atoms with Gasteiger partial charge in [-0.25, -0.2) is 0 Å². The van der Waals surface area contributed by atoms with Crippen LogP contribution in [0, 0.1) is 0 Å². The van der Waals surface area contributed by atoms with Crippen LogP contribution < -0.4 is 0 Å². The van der Waals surface area contributed by atoms with Crippen molar-refractivity contribution in [3.8, 4) is 0 Å². The van der Waals surface area contributed by atoms with Crippen molar-refractivity contribution in [1.29, 1.82) is 0 Å². The maximum absolute atomic E-state index is 11.9. The Morgan fingerprint density at radius 3 is 2.69 bits per heavy atom. The fourth-order valence-corrected chi connectivity index (χ4v) is 1.72. The summed E-state index contributed by atoms with van der Waals surface area (Å²) < 4.78 is 6.22. The van der Waals surface area contributed by atoms with Gasteiger partial charge in [-0.15, -0.1) is 0 Å². The number of rotatable bonds is 5. The molecule has 0 aromatic heterocycles. The van der Waals surface area contributed by atoms with Crippen LogP contribution in [0.25, 0.3) is 0 Å². The molecule has 0 heterocycles. The van der Waals surface area contributed by atoms with Gasteiger partial charge in [0.05, 0.1) is 5.60 Å². The largest absolute Gasteiger partial charge is 0.379 e. The zero-order valence-electron chi connectivity index (χ0n) is 9.92. The smallest absolute Gasteiger partial charge is 0.163 e. The van der Waals surface area contributed by atoms with Crippen LogP contribution >= 0.6 is 15.9 Å². The second kappa shape index (κ2) is 5.60. The van der Waals surface area contributed by atoms with Gasteiger partial charge in [0, 0.05) is 23.6 Å². The highest BCUT2D eigenvalue weighted by atomic mass is 79.9. The van der Waals surface area contributed by atoms with Crippen LogP contribution in [-0.2, 0) is 4.74 Å². The number of carbonyl (C=O) groups is 1. The van der Waals surface area contributed by atoms with Crippen molar-refractivity contribution >= 4 is 21.7 Å². The van der Waals surface area contributed by atoms with Crippen molar-refractivity contribution in [3.05, 3.63) is 34.3 Å². The number of benzene rings is 1. The number of hydrogen-bond donors (Lipinski definition) is 0. The molecule has 1 rings (SSSR count). The van der Waals surface area contributed by atoms with Gasteiger partial charge in [0.2, 0.25) is 0 Å². The van der Waals surface area contributed by atoms with Crippen LogP contribution in [0.3, 0.4) is 0 Å². The molecule has 0 aliphatic rings. The first-order chi connectivity index (χ1) is 7.44. The van der Waals surface area contributed by atoms with Gasteiger partial charge in [-0.2, -0.15) is 0 Å². The minimum Gasteiger partial charge on any atom is -0.379 e. The van der Waals surface area contributed by atoms with Crippen LogP contribution in [0.1, 0.15) is 37.0 Å². The van der Waals surface area contributed by atoms with E-state index in [1.54, 1.807) is 7.11 Å². The molecular weight excluding hydrogens is 268 g/mol. The zero-order valence-corrected chi connectivity index (χ0v) is 11.5. The molecule has 0 N–H and O–H groups in total. The van der Waals surface area contributed by atoms with Crippen LogP contribution in [-0.4, -0.2) is 18.5 Å². The highest BCUT2D eigenvalue weighted by Crippen LogP contribution is 2.19. The molecule has 0 atom stereocenters. The number of carbonyl (C=O) groups excluding carboxylic acids is 1. The third-order valence-corrected chi connectivity index (χ3v) is 3.15. The van der Waals surface area contributed by atoms with Crippen molar-refractivity contribution in [2.75, 3.05) is 7.11 Å². The van der Waals surface area contributed by atoms with Crippen LogP contribution in [0.4, 0.5) is 0 Å². The van der Waals surface area contributed by atoms with E-state index in [9.17, 15) is 4.79 Å². The Kier molecular flexibility index (Phi) is 4.69. The van der Waals surface area contributed by atoms with E-state index < -0.39 is 0 Å². The molecule has 0 saturated carbocycles. The molecule has 88 valence electrons. The molecule has 0 fully saturated rings. The molecule has 0 bridgehead atoms. The third-order valence-electron chi connectivity index (χ3n) is 2.65. The number of hydrogen-bond acceptors (Lipinski definition) is 2. The Morgan fingerprint density at radius 2 is 2.12 bits per heavy atom. The number of ketones is 1. The van der Waals surface area contributed by atoms with Crippen molar-refractivity contribution in [1.82, 2.24) is 0 Å². The predicted octanol–water partition coefficient (Wildman–Crippen LogP) is 3.84. The Balaban J connectivity index is 2.60. The standard InChI is InChI=1S/C13H17BrO2/c1-13(2,16-3)8-7-12(15)10-5-4-6-11(14)9-10/h4-6,9H,7-8H2,1-3H3. The maximum Gasteiger partial charge on any atom is 0.163 e. The summed E-state index contributed by atoms with van der Waals surface area (Å²) in [7, 11) is 1.67. The zero-order chi connectivity index (χ0) is 12.2. The molecule has 2 nitrogen and oxygen atoms in total. The summed E-state index contributed by atoms with van der Waals surface area (Å²) in [5, 5.41) is 0. The normalized spacial score (nSPS) is 11.5. The summed E-state index contributed by atoms with van der Waals surface area (Å²) in [6, 6.07) is 7.48. The maximum atomic E-state index is 11.9. The van der Waals surface area contributed by atoms with Crippen LogP contribution in [0.5, 0.6) is 0 Å². The molecule has 0 aliphatic heterocycles. The molecule has 16 heavy (non-hydrogen) atoms. The summed E-state index contributed by atoms with van der Waals surface area (Å²) >= 11 is 3.36. The van der Waals surface area contributed by atoms with Crippen molar-refractivity contribution in [2.24, 2.45) is 0 Å². The van der Waals surface area contributed by atoms with Crippen molar-refractivity contribution < 1.29 is 9.53 Å². The third kappa shape index (κ3) is 4.06. The van der Waals surface area contributed by atoms with E-state index in [0.717, 1.165) is 16.5 Å². The Bertz CT molecular complexity index is 372. The van der Waals surface area contributed by atoms with Crippen LogP contribution in [0.2, 0.25) is 0 Å². The molecule has 0 saturated heterocycles. The van der Waals surface area contributed by atoms with Gasteiger partial charge in [0.1, 0.15) is 0 Å². The molecule has 1 aromatic rings. The monoisotopic (exact) mass is 284 g/mol. The van der Waals surface area contributed by atoms with E-state index in [1.807, 2.05) is 38.1 Å². The number of halogens is 1. The van der Waals surface area contributed by atoms with Crippen molar-refractivity contribution in [2.45, 2.75) is 32.3 Å². The summed E-state index contributed by atoms with van der Waals surface area (Å²) in [4.78, 5) is 11.9. The minimum atomic E-state index is -0.234. The Morgan fingerprint density at radius 1 is 1.44 bits per heavy atom. The number of ether oxygens (including phenoxy) is 1. The molecule has 0 amide bonds. The van der Waals surface area contributed by atoms with Gasteiger partial charge in [0.15, 0.2) is 5.78 Å². The topological polar surface area (TPSA) is 26.3 Å². The molecule has 3 heteroatoms. The SMILES string of the molecule is COC(C)(C)CCC(=O)c1cccc(Br)c1. The summed E-state index contributed by atoms with van der Waals surface area (Å²) in [6.45, 7) is 3.97.